The Balaban J connectivity index is 2.43. The molecule has 0 amide bonds. The molecule has 0 aromatic carbocycles. The van der Waals surface area contributed by atoms with E-state index in [2.05, 4.69) is 9.97 Å². The fourth-order valence-electron chi connectivity index (χ4n) is 0.764. The molecule has 1 N–H and O–H groups in total. The van der Waals surface area contributed by atoms with Gasteiger partial charge in [-0.25, -0.2) is 4.98 Å². The molecule has 1 aromatic rings. The number of carbonyl (C=O) groups excluding carboxylic acids is 1. The number of alkyl halides is 1. The maximum Gasteiger partial charge on any atom is 0.198 e. The first-order chi connectivity index (χ1) is 5.34. The lowest BCUT2D eigenvalue weighted by atomic mass is 10.2. The molecule has 0 bridgehead atoms. The van der Waals surface area contributed by atoms with Gasteiger partial charge in [0.15, 0.2) is 11.6 Å². The summed E-state index contributed by atoms with van der Waals surface area (Å²) in [6, 6.07) is 0. The molecule has 0 aliphatic heterocycles. The second-order valence-corrected chi connectivity index (χ2v) is 2.15. The Morgan fingerprint density at radius 1 is 1.73 bits per heavy atom. The summed E-state index contributed by atoms with van der Waals surface area (Å²) < 4.78 is 11.6. The molecule has 0 atom stereocenters. The number of imidazole rings is 1. The van der Waals surface area contributed by atoms with Crippen molar-refractivity contribution in [2.24, 2.45) is 0 Å². The summed E-state index contributed by atoms with van der Waals surface area (Å²) in [6.45, 7) is -0.452. The Bertz CT molecular complexity index is 220. The highest BCUT2D eigenvalue weighted by Gasteiger charge is 2.06. The topological polar surface area (TPSA) is 45.8 Å². The Morgan fingerprint density at radius 2 is 2.55 bits per heavy atom. The lowest BCUT2D eigenvalue weighted by Crippen LogP contribution is -2.01. The average molecular weight is 156 g/mol. The van der Waals surface area contributed by atoms with Crippen LogP contribution >= 0.6 is 0 Å². The van der Waals surface area contributed by atoms with Gasteiger partial charge in [0, 0.05) is 18.8 Å². The number of nitrogens with zero attached hydrogens (tertiary/aromatic N) is 1. The number of aromatic nitrogens is 2. The molecular weight excluding hydrogens is 147 g/mol. The molecule has 60 valence electrons. The first-order valence-corrected chi connectivity index (χ1v) is 3.43. The largest absolute Gasteiger partial charge is 0.342 e. The van der Waals surface area contributed by atoms with Crippen LogP contribution in [0.3, 0.4) is 0 Å². The number of H-pyrrole nitrogens is 1. The van der Waals surface area contributed by atoms with Crippen LogP contribution in [0.4, 0.5) is 4.39 Å². The van der Waals surface area contributed by atoms with Crippen molar-refractivity contribution >= 4 is 5.78 Å². The van der Waals surface area contributed by atoms with Gasteiger partial charge in [-0.1, -0.05) is 0 Å². The maximum absolute atomic E-state index is 11.6. The van der Waals surface area contributed by atoms with Gasteiger partial charge in [-0.15, -0.1) is 0 Å². The van der Waals surface area contributed by atoms with Crippen molar-refractivity contribution in [1.82, 2.24) is 9.97 Å². The quantitative estimate of drug-likeness (QED) is 0.668. The van der Waals surface area contributed by atoms with E-state index in [0.717, 1.165) is 0 Å². The van der Waals surface area contributed by atoms with E-state index < -0.39 is 6.67 Å². The van der Waals surface area contributed by atoms with Crippen molar-refractivity contribution in [1.29, 1.82) is 0 Å². The Labute approximate surface area is 63.6 Å². The summed E-state index contributed by atoms with van der Waals surface area (Å²) in [5.41, 5.74) is 0. The molecule has 0 radical (unpaired) electrons. The zero-order chi connectivity index (χ0) is 8.10. The highest BCUT2D eigenvalue weighted by molar-refractivity contribution is 5.92. The van der Waals surface area contributed by atoms with E-state index >= 15 is 0 Å². The number of Topliss-reactive ketones (excluding diaryl/α,β-unsaturated/α-hetero) is 1. The molecule has 3 nitrogen and oxygen atoms in total. The molecule has 11 heavy (non-hydrogen) atoms. The van der Waals surface area contributed by atoms with Crippen LogP contribution in [0.5, 0.6) is 0 Å². The van der Waals surface area contributed by atoms with E-state index in [1.807, 2.05) is 0 Å². The predicted octanol–water partition coefficient (Wildman–Crippen LogP) is 1.34. The highest BCUT2D eigenvalue weighted by Crippen LogP contribution is 1.98. The molecule has 1 aromatic heterocycles. The smallest absolute Gasteiger partial charge is 0.198 e. The molecule has 0 saturated heterocycles. The number of carbonyl (C=O) groups is 1. The number of nitrogens with one attached hydrogen (secondary N) is 1. The molecule has 1 rings (SSSR count). The van der Waals surface area contributed by atoms with E-state index in [0.29, 0.717) is 5.82 Å². The number of aromatic amines is 1. The second kappa shape index (κ2) is 3.85. The number of hydrogen-bond donors (Lipinski definition) is 1. The second-order valence-electron chi connectivity index (χ2n) is 2.15. The highest BCUT2D eigenvalue weighted by atomic mass is 19.1. The van der Waals surface area contributed by atoms with Crippen molar-refractivity contribution in [3.63, 3.8) is 0 Å². The summed E-state index contributed by atoms with van der Waals surface area (Å²) >= 11 is 0. The first kappa shape index (κ1) is 7.91. The number of hydrogen-bond acceptors (Lipinski definition) is 2. The zero-order valence-electron chi connectivity index (χ0n) is 6.01. The van der Waals surface area contributed by atoms with E-state index in [1.54, 1.807) is 6.20 Å². The average Bonchev–Trinajstić information content (AvgIpc) is 2.52. The Kier molecular flexibility index (Phi) is 2.77. The van der Waals surface area contributed by atoms with Gasteiger partial charge >= 0.3 is 0 Å². The van der Waals surface area contributed by atoms with Crippen LogP contribution in [0.25, 0.3) is 0 Å². The number of halogens is 1. The molecule has 0 saturated carbocycles. The van der Waals surface area contributed by atoms with Crippen LogP contribution in [0.2, 0.25) is 0 Å². The third-order valence-electron chi connectivity index (χ3n) is 1.30. The minimum absolute atomic E-state index is 0.132. The van der Waals surface area contributed by atoms with Crippen LogP contribution in [-0.2, 0) is 0 Å². The van der Waals surface area contributed by atoms with Gasteiger partial charge < -0.3 is 4.98 Å². The van der Waals surface area contributed by atoms with Crippen LogP contribution in [0.15, 0.2) is 12.4 Å². The van der Waals surface area contributed by atoms with Gasteiger partial charge in [0.2, 0.25) is 0 Å². The van der Waals surface area contributed by atoms with E-state index in [9.17, 15) is 9.18 Å². The van der Waals surface area contributed by atoms with Crippen LogP contribution < -0.4 is 0 Å². The summed E-state index contributed by atoms with van der Waals surface area (Å²) in [7, 11) is 0. The molecular formula is C7H9FN2O. The maximum atomic E-state index is 11.6. The molecule has 0 aliphatic carbocycles. The van der Waals surface area contributed by atoms with Crippen molar-refractivity contribution in [2.45, 2.75) is 12.8 Å². The van der Waals surface area contributed by atoms with Gasteiger partial charge in [-0.05, 0) is 6.42 Å². The van der Waals surface area contributed by atoms with E-state index in [4.69, 9.17) is 0 Å². The number of ketones is 1. The lowest BCUT2D eigenvalue weighted by Gasteiger charge is -1.91. The third kappa shape index (κ3) is 2.14. The lowest BCUT2D eigenvalue weighted by molar-refractivity contribution is 0.0968. The van der Waals surface area contributed by atoms with Crippen LogP contribution in [-0.4, -0.2) is 22.4 Å². The summed E-state index contributed by atoms with van der Waals surface area (Å²) in [4.78, 5) is 17.4. The van der Waals surface area contributed by atoms with Gasteiger partial charge in [0.1, 0.15) is 0 Å². The molecule has 0 aliphatic rings. The van der Waals surface area contributed by atoms with Crippen molar-refractivity contribution < 1.29 is 9.18 Å². The zero-order valence-corrected chi connectivity index (χ0v) is 6.01. The van der Waals surface area contributed by atoms with Crippen molar-refractivity contribution in [3.05, 3.63) is 18.2 Å². The van der Waals surface area contributed by atoms with Gasteiger partial charge in [-0.2, -0.15) is 0 Å². The predicted molar refractivity (Wildman–Crippen MR) is 38.1 cm³/mol. The fourth-order valence-corrected chi connectivity index (χ4v) is 0.764. The van der Waals surface area contributed by atoms with E-state index in [1.165, 1.54) is 6.20 Å². The Morgan fingerprint density at radius 3 is 3.09 bits per heavy atom. The monoisotopic (exact) mass is 156 g/mol. The number of rotatable bonds is 4. The standard InChI is InChI=1S/C7H9FN2O/c8-3-1-2-6(11)7-9-4-5-10-7/h4-5H,1-3H2,(H,9,10). The van der Waals surface area contributed by atoms with Crippen molar-refractivity contribution in [3.8, 4) is 0 Å². The summed E-state index contributed by atoms with van der Waals surface area (Å²) in [5.74, 6) is 0.186. The van der Waals surface area contributed by atoms with Crippen LogP contribution in [0.1, 0.15) is 23.5 Å². The van der Waals surface area contributed by atoms with Gasteiger partial charge in [-0.3, -0.25) is 9.18 Å². The van der Waals surface area contributed by atoms with Crippen molar-refractivity contribution in [2.75, 3.05) is 6.67 Å². The summed E-state index contributed by atoms with van der Waals surface area (Å²) in [6.07, 6.45) is 3.58. The normalized spacial score (nSPS) is 9.91. The fraction of sp³-hybridized carbons (Fsp3) is 0.429. The molecule has 4 heteroatoms. The minimum atomic E-state index is -0.452. The minimum Gasteiger partial charge on any atom is -0.342 e. The molecule has 0 fully saturated rings. The molecule has 1 heterocycles. The van der Waals surface area contributed by atoms with Gasteiger partial charge in [0.05, 0.1) is 6.67 Å². The third-order valence-corrected chi connectivity index (χ3v) is 1.30. The van der Waals surface area contributed by atoms with Gasteiger partial charge in [0.25, 0.3) is 0 Å². The SMILES string of the molecule is O=C(CCCF)c1ncc[nH]1. The van der Waals surface area contributed by atoms with E-state index in [-0.39, 0.29) is 18.6 Å². The molecule has 0 spiro atoms. The Hall–Kier alpha value is -1.19. The molecule has 0 unspecified atom stereocenters. The first-order valence-electron chi connectivity index (χ1n) is 3.43. The van der Waals surface area contributed by atoms with Crippen LogP contribution in [0, 0.1) is 0 Å². The summed E-state index contributed by atoms with van der Waals surface area (Å²) in [5, 5.41) is 0.